The van der Waals surface area contributed by atoms with E-state index in [0.717, 1.165) is 22.7 Å². The van der Waals surface area contributed by atoms with Crippen molar-refractivity contribution < 1.29 is 4.74 Å². The molecule has 0 radical (unpaired) electrons. The molecule has 1 aromatic heterocycles. The van der Waals surface area contributed by atoms with Gasteiger partial charge in [-0.1, -0.05) is 12.1 Å². The van der Waals surface area contributed by atoms with Gasteiger partial charge in [-0.3, -0.25) is 4.68 Å². The average molecular weight is 232 g/mol. The van der Waals surface area contributed by atoms with Crippen molar-refractivity contribution in [1.82, 2.24) is 14.8 Å². The van der Waals surface area contributed by atoms with E-state index in [0.29, 0.717) is 13.2 Å². The lowest BCUT2D eigenvalue weighted by Crippen LogP contribution is -2.05. The molecule has 0 atom stereocenters. The van der Waals surface area contributed by atoms with Crippen molar-refractivity contribution >= 4 is 0 Å². The molecule has 0 aliphatic heterocycles. The lowest BCUT2D eigenvalue weighted by atomic mass is 10.1. The van der Waals surface area contributed by atoms with Gasteiger partial charge in [0.25, 0.3) is 0 Å². The lowest BCUT2D eigenvalue weighted by molar-refractivity contribution is 0.287. The number of hydrogen-bond acceptors (Lipinski definition) is 4. The third-order valence-electron chi connectivity index (χ3n) is 2.65. The summed E-state index contributed by atoms with van der Waals surface area (Å²) in [6, 6.07) is 5.98. The molecule has 0 saturated carbocycles. The molecule has 0 fully saturated rings. The highest BCUT2D eigenvalue weighted by molar-refractivity contribution is 5.36. The van der Waals surface area contributed by atoms with Crippen LogP contribution in [0.25, 0.3) is 0 Å². The fraction of sp³-hybridized carbons (Fsp3) is 0.333. The molecule has 0 aliphatic carbocycles. The fourth-order valence-electron chi connectivity index (χ4n) is 1.52. The number of nitrogens with zero attached hydrogens (tertiary/aromatic N) is 3. The van der Waals surface area contributed by atoms with E-state index in [1.165, 1.54) is 6.33 Å². The minimum Gasteiger partial charge on any atom is -0.485 e. The van der Waals surface area contributed by atoms with E-state index in [2.05, 4.69) is 10.1 Å². The van der Waals surface area contributed by atoms with Crippen LogP contribution < -0.4 is 10.5 Å². The number of ether oxygens (including phenoxy) is 1. The molecule has 0 unspecified atom stereocenters. The van der Waals surface area contributed by atoms with Crippen molar-refractivity contribution in [2.75, 3.05) is 0 Å². The quantitative estimate of drug-likeness (QED) is 0.859. The van der Waals surface area contributed by atoms with Crippen LogP contribution in [0, 0.1) is 6.92 Å². The summed E-state index contributed by atoms with van der Waals surface area (Å²) in [4.78, 5) is 4.11. The van der Waals surface area contributed by atoms with Gasteiger partial charge in [-0.15, -0.1) is 0 Å². The highest BCUT2D eigenvalue weighted by Crippen LogP contribution is 2.20. The predicted octanol–water partition coefficient (Wildman–Crippen LogP) is 1.16. The third kappa shape index (κ3) is 2.62. The monoisotopic (exact) mass is 232 g/mol. The van der Waals surface area contributed by atoms with Gasteiger partial charge in [0.1, 0.15) is 18.7 Å². The summed E-state index contributed by atoms with van der Waals surface area (Å²) in [5.41, 5.74) is 7.75. The van der Waals surface area contributed by atoms with Crippen molar-refractivity contribution in [1.29, 1.82) is 0 Å². The van der Waals surface area contributed by atoms with E-state index in [1.807, 2.05) is 32.2 Å². The van der Waals surface area contributed by atoms with Gasteiger partial charge in [0.2, 0.25) is 0 Å². The predicted molar refractivity (Wildman–Crippen MR) is 64.4 cm³/mol. The van der Waals surface area contributed by atoms with Crippen molar-refractivity contribution in [2.24, 2.45) is 12.8 Å². The molecule has 90 valence electrons. The van der Waals surface area contributed by atoms with Crippen LogP contribution >= 0.6 is 0 Å². The van der Waals surface area contributed by atoms with Crippen LogP contribution in [0.4, 0.5) is 0 Å². The molecule has 5 nitrogen and oxygen atoms in total. The Hall–Kier alpha value is -1.88. The second kappa shape index (κ2) is 4.97. The second-order valence-electron chi connectivity index (χ2n) is 3.89. The molecule has 1 heterocycles. The Morgan fingerprint density at radius 2 is 2.24 bits per heavy atom. The zero-order chi connectivity index (χ0) is 12.3. The van der Waals surface area contributed by atoms with Crippen LogP contribution in [0.3, 0.4) is 0 Å². The third-order valence-corrected chi connectivity index (χ3v) is 2.65. The first kappa shape index (κ1) is 11.6. The molecule has 0 bridgehead atoms. The summed E-state index contributed by atoms with van der Waals surface area (Å²) < 4.78 is 7.42. The first-order valence-electron chi connectivity index (χ1n) is 5.46. The number of nitrogens with two attached hydrogens (primary N) is 1. The molecule has 0 spiro atoms. The van der Waals surface area contributed by atoms with Gasteiger partial charge in [-0.05, 0) is 24.1 Å². The molecule has 0 saturated heterocycles. The first-order valence-corrected chi connectivity index (χ1v) is 5.46. The Labute approximate surface area is 100 Å². The van der Waals surface area contributed by atoms with E-state index in [1.54, 1.807) is 4.68 Å². The Balaban J connectivity index is 2.11. The Bertz CT molecular complexity index is 507. The highest BCUT2D eigenvalue weighted by atomic mass is 16.5. The molecule has 2 N–H and O–H groups in total. The maximum Gasteiger partial charge on any atom is 0.164 e. The molecular formula is C12H16N4O. The van der Waals surface area contributed by atoms with Gasteiger partial charge in [-0.25, -0.2) is 4.98 Å². The maximum absolute atomic E-state index is 5.73. The van der Waals surface area contributed by atoms with Crippen LogP contribution in [0.1, 0.15) is 17.0 Å². The number of aromatic nitrogens is 3. The van der Waals surface area contributed by atoms with Gasteiger partial charge in [-0.2, -0.15) is 5.10 Å². The van der Waals surface area contributed by atoms with Crippen LogP contribution in [-0.4, -0.2) is 14.8 Å². The zero-order valence-electron chi connectivity index (χ0n) is 10.1. The summed E-state index contributed by atoms with van der Waals surface area (Å²) in [5.74, 6) is 1.64. The van der Waals surface area contributed by atoms with Gasteiger partial charge >= 0.3 is 0 Å². The summed E-state index contributed by atoms with van der Waals surface area (Å²) in [5, 5.41) is 3.99. The number of benzene rings is 1. The van der Waals surface area contributed by atoms with E-state index < -0.39 is 0 Å². The summed E-state index contributed by atoms with van der Waals surface area (Å²) in [7, 11) is 1.84. The summed E-state index contributed by atoms with van der Waals surface area (Å²) in [6.45, 7) is 2.93. The molecular weight excluding hydrogens is 216 g/mol. The van der Waals surface area contributed by atoms with Crippen LogP contribution in [0.2, 0.25) is 0 Å². The molecule has 2 rings (SSSR count). The van der Waals surface area contributed by atoms with E-state index in [4.69, 9.17) is 10.5 Å². The number of rotatable bonds is 4. The molecule has 0 amide bonds. The minimum absolute atomic E-state index is 0.408. The highest BCUT2D eigenvalue weighted by Gasteiger charge is 2.04. The standard InChI is InChI=1S/C12H16N4O/c1-9-3-4-10(6-13)5-11(9)17-7-12-14-8-15-16(12)2/h3-5,8H,6-7,13H2,1-2H3. The zero-order valence-corrected chi connectivity index (χ0v) is 10.1. The molecule has 5 heteroatoms. The average Bonchev–Trinajstić information content (AvgIpc) is 2.74. The van der Waals surface area contributed by atoms with Crippen molar-refractivity contribution in [3.05, 3.63) is 41.5 Å². The number of aryl methyl sites for hydroxylation is 2. The Morgan fingerprint density at radius 3 is 2.88 bits per heavy atom. The van der Waals surface area contributed by atoms with Gasteiger partial charge in [0.15, 0.2) is 5.82 Å². The van der Waals surface area contributed by atoms with Crippen LogP contribution in [0.15, 0.2) is 24.5 Å². The smallest absolute Gasteiger partial charge is 0.164 e. The van der Waals surface area contributed by atoms with Gasteiger partial charge in [0.05, 0.1) is 0 Å². The van der Waals surface area contributed by atoms with E-state index >= 15 is 0 Å². The minimum atomic E-state index is 0.408. The summed E-state index contributed by atoms with van der Waals surface area (Å²) in [6.07, 6.45) is 1.52. The van der Waals surface area contributed by atoms with Gasteiger partial charge < -0.3 is 10.5 Å². The normalized spacial score (nSPS) is 10.5. The summed E-state index contributed by atoms with van der Waals surface area (Å²) >= 11 is 0. The maximum atomic E-state index is 5.73. The molecule has 1 aromatic carbocycles. The molecule has 17 heavy (non-hydrogen) atoms. The van der Waals surface area contributed by atoms with Gasteiger partial charge in [0, 0.05) is 13.6 Å². The number of hydrogen-bond donors (Lipinski definition) is 1. The topological polar surface area (TPSA) is 66.0 Å². The van der Waals surface area contributed by atoms with Crippen molar-refractivity contribution in [3.8, 4) is 5.75 Å². The largest absolute Gasteiger partial charge is 0.485 e. The van der Waals surface area contributed by atoms with Crippen LogP contribution in [0.5, 0.6) is 5.75 Å². The molecule has 2 aromatic rings. The SMILES string of the molecule is Cc1ccc(CN)cc1OCc1ncnn1C. The first-order chi connectivity index (χ1) is 8.20. The van der Waals surface area contributed by atoms with Crippen molar-refractivity contribution in [3.63, 3.8) is 0 Å². The molecule has 0 aliphatic rings. The van der Waals surface area contributed by atoms with Crippen molar-refractivity contribution in [2.45, 2.75) is 20.1 Å². The fourth-order valence-corrected chi connectivity index (χ4v) is 1.52. The van der Waals surface area contributed by atoms with E-state index in [-0.39, 0.29) is 0 Å². The Kier molecular flexibility index (Phi) is 3.39. The second-order valence-corrected chi connectivity index (χ2v) is 3.89. The van der Waals surface area contributed by atoms with Crippen LogP contribution in [-0.2, 0) is 20.2 Å². The Morgan fingerprint density at radius 1 is 1.41 bits per heavy atom. The van der Waals surface area contributed by atoms with E-state index in [9.17, 15) is 0 Å². The lowest BCUT2D eigenvalue weighted by Gasteiger charge is -2.10.